The van der Waals surface area contributed by atoms with E-state index in [0.29, 0.717) is 13.1 Å². The molecule has 0 aromatic heterocycles. The van der Waals surface area contributed by atoms with Gasteiger partial charge in [0.2, 0.25) is 0 Å². The zero-order valence-electron chi connectivity index (χ0n) is 13.1. The molecule has 1 aliphatic carbocycles. The number of halogens is 2. The van der Waals surface area contributed by atoms with E-state index in [4.69, 9.17) is 0 Å². The van der Waals surface area contributed by atoms with Crippen LogP contribution in [0.5, 0.6) is 0 Å². The van der Waals surface area contributed by atoms with Crippen molar-refractivity contribution in [3.63, 3.8) is 0 Å². The van der Waals surface area contributed by atoms with Crippen LogP contribution in [0.25, 0.3) is 6.08 Å². The molecule has 0 amide bonds. The van der Waals surface area contributed by atoms with E-state index < -0.39 is 0 Å². The number of hydrogen-bond donors (Lipinski definition) is 0. The predicted octanol–water partition coefficient (Wildman–Crippen LogP) is -1.85. The SMILES string of the molecule is CC1=Cc2cc(CC(C)C)ccc2[CH]1[Zr+2].C[SiH2]C.[Cl-].[Cl-]. The maximum absolute atomic E-state index is 2.38. The van der Waals surface area contributed by atoms with E-state index in [2.05, 4.69) is 58.1 Å². The summed E-state index contributed by atoms with van der Waals surface area (Å²) in [5.74, 6) is 0.748. The number of fused-ring (bicyclic) bond motifs is 1. The molecule has 1 aliphatic rings. The summed E-state index contributed by atoms with van der Waals surface area (Å²) in [6.45, 7) is 11.3. The number of hydrogen-bond acceptors (Lipinski definition) is 0. The molecule has 0 spiro atoms. The molecule has 1 atom stereocenters. The average molecular weight is 408 g/mol. The second kappa shape index (κ2) is 11.2. The third-order valence-electron chi connectivity index (χ3n) is 2.94. The van der Waals surface area contributed by atoms with Crippen LogP contribution in [0.1, 0.15) is 41.1 Å². The molecular formula is C16H25Cl2SiZr. The molecule has 1 aromatic rings. The molecule has 2 rings (SSSR count). The molecule has 0 nitrogen and oxygen atoms in total. The van der Waals surface area contributed by atoms with E-state index in [0.717, 1.165) is 5.92 Å². The maximum Gasteiger partial charge on any atom is 0.0135 e. The fourth-order valence-electron chi connectivity index (χ4n) is 2.18. The van der Waals surface area contributed by atoms with Gasteiger partial charge in [-0.25, -0.2) is 0 Å². The van der Waals surface area contributed by atoms with Crippen molar-refractivity contribution in [2.75, 3.05) is 0 Å². The molecular weight excluding hydrogens is 382 g/mol. The minimum Gasteiger partial charge on any atom is -1.00 e. The normalized spacial score (nSPS) is 15.4. The molecule has 1 unspecified atom stereocenters. The van der Waals surface area contributed by atoms with E-state index >= 15 is 0 Å². The first-order chi connectivity index (χ1) is 8.49. The van der Waals surface area contributed by atoms with Gasteiger partial charge in [0.1, 0.15) is 0 Å². The van der Waals surface area contributed by atoms with Crippen molar-refractivity contribution in [1.29, 1.82) is 0 Å². The Morgan fingerprint density at radius 3 is 2.25 bits per heavy atom. The van der Waals surface area contributed by atoms with Crippen LogP contribution in [-0.2, 0) is 31.1 Å². The third kappa shape index (κ3) is 6.60. The van der Waals surface area contributed by atoms with Crippen LogP contribution in [0.3, 0.4) is 0 Å². The first-order valence-corrected chi connectivity index (χ1v) is 11.3. The third-order valence-corrected chi connectivity index (χ3v) is 4.83. The molecule has 0 bridgehead atoms. The molecule has 111 valence electrons. The molecule has 0 heterocycles. The Morgan fingerprint density at radius 1 is 1.20 bits per heavy atom. The zero-order chi connectivity index (χ0) is 13.7. The largest absolute Gasteiger partial charge is 1.00 e. The summed E-state index contributed by atoms with van der Waals surface area (Å²) < 4.78 is 0.709. The molecule has 4 heteroatoms. The molecule has 0 fully saturated rings. The maximum atomic E-state index is 2.38. The van der Waals surface area contributed by atoms with Gasteiger partial charge in [0.05, 0.1) is 0 Å². The van der Waals surface area contributed by atoms with Gasteiger partial charge in [-0.3, -0.25) is 0 Å². The first-order valence-electron chi connectivity index (χ1n) is 7.01. The summed E-state index contributed by atoms with van der Waals surface area (Å²) in [7, 11) is 0.417. The van der Waals surface area contributed by atoms with Crippen molar-refractivity contribution in [3.8, 4) is 0 Å². The van der Waals surface area contributed by atoms with E-state index in [1.54, 1.807) is 30.3 Å². The summed E-state index contributed by atoms with van der Waals surface area (Å²) in [6.07, 6.45) is 3.56. The topological polar surface area (TPSA) is 0 Å². The Morgan fingerprint density at radius 2 is 1.75 bits per heavy atom. The summed E-state index contributed by atoms with van der Waals surface area (Å²) >= 11 is 1.61. The molecule has 0 N–H and O–H groups in total. The average Bonchev–Trinajstić information content (AvgIpc) is 2.55. The van der Waals surface area contributed by atoms with Crippen LogP contribution in [0.2, 0.25) is 13.1 Å². The Balaban J connectivity index is 0. The first kappa shape index (κ1) is 22.9. The Labute approximate surface area is 154 Å². The van der Waals surface area contributed by atoms with Gasteiger partial charge in [0, 0.05) is 9.52 Å². The predicted molar refractivity (Wildman–Crippen MR) is 81.6 cm³/mol. The van der Waals surface area contributed by atoms with Gasteiger partial charge in [0.25, 0.3) is 0 Å². The number of rotatable bonds is 2. The quantitative estimate of drug-likeness (QED) is 0.505. The van der Waals surface area contributed by atoms with Crippen molar-refractivity contribution < 1.29 is 49.5 Å². The second-order valence-corrected chi connectivity index (χ2v) is 8.42. The Kier molecular flexibility index (Phi) is 12.9. The minimum absolute atomic E-state index is 0. The van der Waals surface area contributed by atoms with Crippen molar-refractivity contribution >= 4 is 15.6 Å². The van der Waals surface area contributed by atoms with Gasteiger partial charge in [0.15, 0.2) is 0 Å². The van der Waals surface area contributed by atoms with Gasteiger partial charge in [-0.1, -0.05) is 13.1 Å². The fraction of sp³-hybridized carbons (Fsp3) is 0.500. The van der Waals surface area contributed by atoms with Gasteiger partial charge >= 0.3 is 108 Å². The minimum atomic E-state index is 0. The molecule has 0 radical (unpaired) electrons. The van der Waals surface area contributed by atoms with Crippen molar-refractivity contribution in [3.05, 3.63) is 40.5 Å². The molecule has 0 aliphatic heterocycles. The Bertz CT molecular complexity index is 430. The molecule has 0 saturated carbocycles. The molecule has 0 saturated heterocycles. The van der Waals surface area contributed by atoms with E-state index in [1.165, 1.54) is 23.1 Å². The molecule has 20 heavy (non-hydrogen) atoms. The van der Waals surface area contributed by atoms with E-state index in [9.17, 15) is 0 Å². The standard InChI is InChI=1S/C14H17.C2H8Si.2ClH.Zr/c1-10(2)6-12-4-5-13-7-11(3)8-14(13)9-12;1-3-2;;;/h4-5,7-10H,6H2,1-3H3;3H2,1-2H3;2*1H;/q;;;;+2/p-2. The van der Waals surface area contributed by atoms with Crippen molar-refractivity contribution in [1.82, 2.24) is 0 Å². The van der Waals surface area contributed by atoms with Crippen LogP contribution in [0.4, 0.5) is 0 Å². The van der Waals surface area contributed by atoms with Gasteiger partial charge < -0.3 is 24.8 Å². The van der Waals surface area contributed by atoms with E-state index in [-0.39, 0.29) is 24.8 Å². The van der Waals surface area contributed by atoms with Crippen molar-refractivity contribution in [2.45, 2.75) is 43.9 Å². The number of benzene rings is 1. The van der Waals surface area contributed by atoms with Crippen LogP contribution in [0, 0.1) is 5.92 Å². The summed E-state index contributed by atoms with van der Waals surface area (Å²) in [5, 5.41) is 0. The van der Waals surface area contributed by atoms with Crippen LogP contribution in [0.15, 0.2) is 23.8 Å². The van der Waals surface area contributed by atoms with Gasteiger partial charge in [-0.15, -0.1) is 0 Å². The van der Waals surface area contributed by atoms with E-state index in [1.807, 2.05) is 0 Å². The van der Waals surface area contributed by atoms with Crippen LogP contribution in [-0.4, -0.2) is 9.52 Å². The zero-order valence-corrected chi connectivity index (χ0v) is 18.5. The van der Waals surface area contributed by atoms with Gasteiger partial charge in [-0.05, 0) is 0 Å². The summed E-state index contributed by atoms with van der Waals surface area (Å²) in [4.78, 5) is 0. The summed E-state index contributed by atoms with van der Waals surface area (Å²) in [5.41, 5.74) is 6.02. The van der Waals surface area contributed by atoms with Crippen molar-refractivity contribution in [2.24, 2.45) is 5.92 Å². The summed E-state index contributed by atoms with van der Waals surface area (Å²) in [6, 6.07) is 7.02. The Hall–Kier alpha value is 0.640. The van der Waals surface area contributed by atoms with Crippen LogP contribution < -0.4 is 24.8 Å². The smallest absolute Gasteiger partial charge is 0.0135 e. The number of allylic oxidation sites excluding steroid dienone is 1. The molecule has 1 aromatic carbocycles. The monoisotopic (exact) mass is 405 g/mol. The fourth-order valence-corrected chi connectivity index (χ4v) is 3.04. The second-order valence-electron chi connectivity index (χ2n) is 5.59. The van der Waals surface area contributed by atoms with Crippen LogP contribution >= 0.6 is 0 Å². The van der Waals surface area contributed by atoms with Gasteiger partial charge in [-0.2, -0.15) is 0 Å².